The monoisotopic (exact) mass is 239 g/mol. The smallest absolute Gasteiger partial charge is 0.118 e. The Morgan fingerprint density at radius 2 is 1.94 bits per heavy atom. The summed E-state index contributed by atoms with van der Waals surface area (Å²) < 4.78 is 5.17. The largest absolute Gasteiger partial charge is 0.497 e. The molecule has 0 aliphatic rings. The van der Waals surface area contributed by atoms with E-state index < -0.39 is 0 Å². The second kappa shape index (κ2) is 6.01. The highest BCUT2D eigenvalue weighted by Gasteiger charge is 2.00. The van der Waals surface area contributed by atoms with Crippen LogP contribution in [0.15, 0.2) is 48.7 Å². The Morgan fingerprint density at radius 3 is 2.50 bits per heavy atom. The molecule has 2 heteroatoms. The van der Waals surface area contributed by atoms with Crippen LogP contribution in [0.1, 0.15) is 24.6 Å². The van der Waals surface area contributed by atoms with Gasteiger partial charge in [0.15, 0.2) is 0 Å². The van der Waals surface area contributed by atoms with Crippen LogP contribution in [-0.2, 0) is 0 Å². The molecule has 2 nitrogen and oxygen atoms in total. The zero-order valence-corrected chi connectivity index (χ0v) is 10.8. The van der Waals surface area contributed by atoms with Crippen molar-refractivity contribution in [2.24, 2.45) is 0 Å². The van der Waals surface area contributed by atoms with Crippen LogP contribution in [0.25, 0.3) is 11.6 Å². The van der Waals surface area contributed by atoms with Gasteiger partial charge >= 0.3 is 0 Å². The lowest BCUT2D eigenvalue weighted by atomic mass is 10.0. The van der Waals surface area contributed by atoms with Crippen LogP contribution in [0.4, 0.5) is 0 Å². The summed E-state index contributed by atoms with van der Waals surface area (Å²) in [7, 11) is 1.68. The molecule has 92 valence electrons. The molecule has 2 aromatic rings. The fraction of sp³-hybridized carbons (Fsp3) is 0.188. The molecule has 0 unspecified atom stereocenters. The second-order valence-corrected chi connectivity index (χ2v) is 4.01. The van der Waals surface area contributed by atoms with Gasteiger partial charge in [0.25, 0.3) is 0 Å². The lowest BCUT2D eigenvalue weighted by Gasteiger charge is -2.06. The van der Waals surface area contributed by atoms with Gasteiger partial charge in [-0.3, -0.25) is 4.98 Å². The molecule has 0 N–H and O–H groups in total. The first kappa shape index (κ1) is 12.4. The Hall–Kier alpha value is -2.09. The van der Waals surface area contributed by atoms with Crippen molar-refractivity contribution in [1.29, 1.82) is 0 Å². The maximum Gasteiger partial charge on any atom is 0.118 e. The molecule has 0 radical (unpaired) electrons. The first-order valence-corrected chi connectivity index (χ1v) is 6.09. The molecule has 0 fully saturated rings. The summed E-state index contributed by atoms with van der Waals surface area (Å²) in [6.07, 6.45) is 4.91. The van der Waals surface area contributed by atoms with Gasteiger partial charge in [-0.25, -0.2) is 0 Å². The predicted molar refractivity (Wildman–Crippen MR) is 75.4 cm³/mol. The third-order valence-corrected chi connectivity index (χ3v) is 2.85. The molecule has 2 rings (SSSR count). The standard InChI is InChI=1S/C16H17NO/c1-3-13(12-15-6-4-5-11-17-15)14-7-9-16(18-2)10-8-14/h4-12H,3H2,1-2H3/b13-12-. The maximum atomic E-state index is 5.17. The van der Waals surface area contributed by atoms with Crippen molar-refractivity contribution in [3.05, 3.63) is 59.9 Å². The van der Waals surface area contributed by atoms with Gasteiger partial charge in [-0.15, -0.1) is 0 Å². The fourth-order valence-corrected chi connectivity index (χ4v) is 1.83. The number of hydrogen-bond donors (Lipinski definition) is 0. The van der Waals surface area contributed by atoms with E-state index in [-0.39, 0.29) is 0 Å². The van der Waals surface area contributed by atoms with Gasteiger partial charge in [0, 0.05) is 6.20 Å². The molecule has 0 aliphatic carbocycles. The lowest BCUT2D eigenvalue weighted by molar-refractivity contribution is 0.415. The average molecular weight is 239 g/mol. The first-order chi connectivity index (χ1) is 8.83. The normalized spacial score (nSPS) is 11.3. The summed E-state index contributed by atoms with van der Waals surface area (Å²) in [5.74, 6) is 0.882. The van der Waals surface area contributed by atoms with Crippen molar-refractivity contribution < 1.29 is 4.74 Å². The molecule has 0 aliphatic heterocycles. The Balaban J connectivity index is 2.30. The molecule has 0 amide bonds. The summed E-state index contributed by atoms with van der Waals surface area (Å²) in [6.45, 7) is 2.15. The highest BCUT2D eigenvalue weighted by molar-refractivity contribution is 5.80. The number of pyridine rings is 1. The lowest BCUT2D eigenvalue weighted by Crippen LogP contribution is -1.87. The number of hydrogen-bond acceptors (Lipinski definition) is 2. The summed E-state index contributed by atoms with van der Waals surface area (Å²) in [6, 6.07) is 14.1. The number of benzene rings is 1. The van der Waals surface area contributed by atoms with Gasteiger partial charge in [0.2, 0.25) is 0 Å². The molecule has 0 saturated carbocycles. The summed E-state index contributed by atoms with van der Waals surface area (Å²) in [5.41, 5.74) is 3.48. The Bertz CT molecular complexity index is 515. The van der Waals surface area contributed by atoms with E-state index in [9.17, 15) is 0 Å². The number of rotatable bonds is 4. The van der Waals surface area contributed by atoms with E-state index in [1.54, 1.807) is 7.11 Å². The third kappa shape index (κ3) is 2.98. The summed E-state index contributed by atoms with van der Waals surface area (Å²) >= 11 is 0. The summed E-state index contributed by atoms with van der Waals surface area (Å²) in [4.78, 5) is 4.32. The highest BCUT2D eigenvalue weighted by atomic mass is 16.5. The molecule has 0 spiro atoms. The molecule has 18 heavy (non-hydrogen) atoms. The number of ether oxygens (including phenoxy) is 1. The van der Waals surface area contributed by atoms with Crippen LogP contribution in [0.5, 0.6) is 5.75 Å². The van der Waals surface area contributed by atoms with Crippen LogP contribution < -0.4 is 4.74 Å². The predicted octanol–water partition coefficient (Wildman–Crippen LogP) is 4.04. The van der Waals surface area contributed by atoms with Gasteiger partial charge in [-0.1, -0.05) is 25.1 Å². The van der Waals surface area contributed by atoms with Crippen molar-refractivity contribution in [2.45, 2.75) is 13.3 Å². The minimum Gasteiger partial charge on any atom is -0.497 e. The Morgan fingerprint density at radius 1 is 1.17 bits per heavy atom. The minimum atomic E-state index is 0.882. The quantitative estimate of drug-likeness (QED) is 0.803. The summed E-state index contributed by atoms with van der Waals surface area (Å²) in [5, 5.41) is 0. The first-order valence-electron chi connectivity index (χ1n) is 6.09. The van der Waals surface area contributed by atoms with Crippen LogP contribution in [-0.4, -0.2) is 12.1 Å². The second-order valence-electron chi connectivity index (χ2n) is 4.01. The fourth-order valence-electron chi connectivity index (χ4n) is 1.83. The van der Waals surface area contributed by atoms with Crippen LogP contribution in [0, 0.1) is 0 Å². The van der Waals surface area contributed by atoms with Gasteiger partial charge < -0.3 is 4.74 Å². The molecule has 0 atom stereocenters. The highest BCUT2D eigenvalue weighted by Crippen LogP contribution is 2.23. The van der Waals surface area contributed by atoms with Crippen LogP contribution in [0.2, 0.25) is 0 Å². The number of methoxy groups -OCH3 is 1. The van der Waals surface area contributed by atoms with E-state index >= 15 is 0 Å². The van der Waals surface area contributed by atoms with E-state index in [0.717, 1.165) is 17.9 Å². The molecular formula is C16H17NO. The zero-order chi connectivity index (χ0) is 12.8. The van der Waals surface area contributed by atoms with Gasteiger partial charge in [0.1, 0.15) is 5.75 Å². The number of allylic oxidation sites excluding steroid dienone is 1. The van der Waals surface area contributed by atoms with Crippen molar-refractivity contribution in [2.75, 3.05) is 7.11 Å². The van der Waals surface area contributed by atoms with Gasteiger partial charge in [-0.2, -0.15) is 0 Å². The van der Waals surface area contributed by atoms with E-state index in [1.807, 2.05) is 36.5 Å². The third-order valence-electron chi connectivity index (χ3n) is 2.85. The Kier molecular flexibility index (Phi) is 4.13. The SMILES string of the molecule is CC/C(=C/c1ccccn1)c1ccc(OC)cc1. The van der Waals surface area contributed by atoms with Gasteiger partial charge in [0.05, 0.1) is 12.8 Å². The van der Waals surface area contributed by atoms with Gasteiger partial charge in [-0.05, 0) is 47.9 Å². The zero-order valence-electron chi connectivity index (χ0n) is 10.8. The molecule has 1 heterocycles. The van der Waals surface area contributed by atoms with Crippen LogP contribution in [0.3, 0.4) is 0 Å². The van der Waals surface area contributed by atoms with E-state index in [2.05, 4.69) is 30.1 Å². The van der Waals surface area contributed by atoms with Crippen molar-refractivity contribution >= 4 is 11.6 Å². The van der Waals surface area contributed by atoms with Crippen molar-refractivity contribution in [3.8, 4) is 5.75 Å². The Labute approximate surface area is 108 Å². The topological polar surface area (TPSA) is 22.1 Å². The molecular weight excluding hydrogens is 222 g/mol. The van der Waals surface area contributed by atoms with E-state index in [4.69, 9.17) is 4.74 Å². The number of aromatic nitrogens is 1. The maximum absolute atomic E-state index is 5.17. The minimum absolute atomic E-state index is 0.882. The molecule has 0 bridgehead atoms. The van der Waals surface area contributed by atoms with E-state index in [1.165, 1.54) is 11.1 Å². The van der Waals surface area contributed by atoms with E-state index in [0.29, 0.717) is 0 Å². The number of nitrogens with zero attached hydrogens (tertiary/aromatic N) is 1. The molecule has 1 aromatic carbocycles. The van der Waals surface area contributed by atoms with Crippen LogP contribution >= 0.6 is 0 Å². The van der Waals surface area contributed by atoms with Crippen molar-refractivity contribution in [1.82, 2.24) is 4.98 Å². The molecule has 1 aromatic heterocycles. The average Bonchev–Trinajstić information content (AvgIpc) is 2.46. The molecule has 0 saturated heterocycles. The van der Waals surface area contributed by atoms with Crippen molar-refractivity contribution in [3.63, 3.8) is 0 Å².